The van der Waals surface area contributed by atoms with E-state index in [1.165, 1.54) is 23.1 Å². The topological polar surface area (TPSA) is 23.6 Å². The fraction of sp³-hybridized carbons (Fsp3) is 0.409. The van der Waals surface area contributed by atoms with Gasteiger partial charge in [-0.25, -0.2) is 0 Å². The largest absolute Gasteiger partial charge is 0.336 e. The standard InChI is InChI=1S/C22H28N2O/c1-18-5-9-20(10-6-18)4-3-13-23-14-16-24(17-15-23)22(25)21-11-7-19(2)8-12-21/h5-12H,3-4,13-17H2,1-2H3. The lowest BCUT2D eigenvalue weighted by Gasteiger charge is -2.34. The molecule has 2 aromatic rings. The number of aryl methyl sites for hydroxylation is 3. The minimum absolute atomic E-state index is 0.166. The Balaban J connectivity index is 1.41. The molecule has 1 aliphatic heterocycles. The molecule has 1 fully saturated rings. The van der Waals surface area contributed by atoms with E-state index in [2.05, 4.69) is 36.1 Å². The molecule has 132 valence electrons. The van der Waals surface area contributed by atoms with Crippen LogP contribution in [-0.2, 0) is 6.42 Å². The number of benzene rings is 2. The van der Waals surface area contributed by atoms with E-state index in [1.807, 2.05) is 36.1 Å². The molecule has 0 radical (unpaired) electrons. The number of carbonyl (C=O) groups excluding carboxylic acids is 1. The molecule has 0 atom stereocenters. The molecule has 0 aromatic heterocycles. The molecule has 3 rings (SSSR count). The predicted octanol–water partition coefficient (Wildman–Crippen LogP) is 3.69. The highest BCUT2D eigenvalue weighted by atomic mass is 16.2. The van der Waals surface area contributed by atoms with Crippen LogP contribution in [0.4, 0.5) is 0 Å². The fourth-order valence-electron chi connectivity index (χ4n) is 3.31. The second-order valence-corrected chi connectivity index (χ2v) is 7.09. The Kier molecular flexibility index (Phi) is 5.87. The van der Waals surface area contributed by atoms with Crippen LogP contribution in [0.25, 0.3) is 0 Å². The zero-order valence-electron chi connectivity index (χ0n) is 15.4. The van der Waals surface area contributed by atoms with Crippen molar-refractivity contribution < 1.29 is 4.79 Å². The van der Waals surface area contributed by atoms with Gasteiger partial charge in [-0.05, 0) is 50.9 Å². The molecular weight excluding hydrogens is 308 g/mol. The van der Waals surface area contributed by atoms with Gasteiger partial charge >= 0.3 is 0 Å². The first-order chi connectivity index (χ1) is 12.1. The van der Waals surface area contributed by atoms with Gasteiger partial charge in [0.2, 0.25) is 0 Å². The number of hydrogen-bond acceptors (Lipinski definition) is 2. The average Bonchev–Trinajstić information content (AvgIpc) is 2.64. The minimum atomic E-state index is 0.166. The van der Waals surface area contributed by atoms with Gasteiger partial charge in [0.05, 0.1) is 0 Å². The van der Waals surface area contributed by atoms with Crippen molar-refractivity contribution in [2.24, 2.45) is 0 Å². The van der Waals surface area contributed by atoms with E-state index in [4.69, 9.17) is 0 Å². The van der Waals surface area contributed by atoms with E-state index in [0.29, 0.717) is 0 Å². The number of piperazine rings is 1. The molecule has 0 aliphatic carbocycles. The van der Waals surface area contributed by atoms with Crippen LogP contribution in [0.15, 0.2) is 48.5 Å². The molecule has 25 heavy (non-hydrogen) atoms. The maximum Gasteiger partial charge on any atom is 0.253 e. The van der Waals surface area contributed by atoms with Gasteiger partial charge in [-0.2, -0.15) is 0 Å². The van der Waals surface area contributed by atoms with Gasteiger partial charge in [-0.1, -0.05) is 47.5 Å². The first-order valence-electron chi connectivity index (χ1n) is 9.26. The molecular formula is C22H28N2O. The first-order valence-corrected chi connectivity index (χ1v) is 9.26. The van der Waals surface area contributed by atoms with Crippen LogP contribution < -0.4 is 0 Å². The van der Waals surface area contributed by atoms with Crippen LogP contribution in [0.3, 0.4) is 0 Å². The van der Waals surface area contributed by atoms with Crippen LogP contribution >= 0.6 is 0 Å². The van der Waals surface area contributed by atoms with Crippen molar-refractivity contribution in [3.8, 4) is 0 Å². The third-order valence-corrected chi connectivity index (χ3v) is 5.02. The Labute approximate surface area is 151 Å². The lowest BCUT2D eigenvalue weighted by atomic mass is 10.1. The van der Waals surface area contributed by atoms with Crippen molar-refractivity contribution >= 4 is 5.91 Å². The summed E-state index contributed by atoms with van der Waals surface area (Å²) in [6, 6.07) is 16.7. The third kappa shape index (κ3) is 4.93. The van der Waals surface area contributed by atoms with E-state index in [-0.39, 0.29) is 5.91 Å². The van der Waals surface area contributed by atoms with Crippen molar-refractivity contribution in [1.29, 1.82) is 0 Å². The molecule has 0 saturated carbocycles. The van der Waals surface area contributed by atoms with Gasteiger partial charge in [0.25, 0.3) is 5.91 Å². The van der Waals surface area contributed by atoms with Gasteiger partial charge in [0.1, 0.15) is 0 Å². The van der Waals surface area contributed by atoms with E-state index in [1.54, 1.807) is 0 Å². The Morgan fingerprint density at radius 2 is 1.40 bits per heavy atom. The summed E-state index contributed by atoms with van der Waals surface area (Å²) in [4.78, 5) is 17.0. The highest BCUT2D eigenvalue weighted by Gasteiger charge is 2.21. The Bertz CT molecular complexity index is 683. The van der Waals surface area contributed by atoms with Crippen molar-refractivity contribution in [2.45, 2.75) is 26.7 Å². The molecule has 1 amide bonds. The molecule has 0 spiro atoms. The molecule has 2 aromatic carbocycles. The van der Waals surface area contributed by atoms with Gasteiger partial charge in [-0.3, -0.25) is 9.69 Å². The fourth-order valence-corrected chi connectivity index (χ4v) is 3.31. The average molecular weight is 336 g/mol. The van der Waals surface area contributed by atoms with Crippen LogP contribution in [-0.4, -0.2) is 48.4 Å². The lowest BCUT2D eigenvalue weighted by molar-refractivity contribution is 0.0636. The number of nitrogens with zero attached hydrogens (tertiary/aromatic N) is 2. The highest BCUT2D eigenvalue weighted by molar-refractivity contribution is 5.94. The van der Waals surface area contributed by atoms with Crippen LogP contribution in [0.5, 0.6) is 0 Å². The summed E-state index contributed by atoms with van der Waals surface area (Å²) >= 11 is 0. The first kappa shape index (κ1) is 17.7. The Morgan fingerprint density at radius 3 is 2.00 bits per heavy atom. The molecule has 3 heteroatoms. The summed E-state index contributed by atoms with van der Waals surface area (Å²) < 4.78 is 0. The number of hydrogen-bond donors (Lipinski definition) is 0. The zero-order chi connectivity index (χ0) is 17.6. The third-order valence-electron chi connectivity index (χ3n) is 5.02. The van der Waals surface area contributed by atoms with Crippen molar-refractivity contribution in [2.75, 3.05) is 32.7 Å². The van der Waals surface area contributed by atoms with Gasteiger partial charge in [-0.15, -0.1) is 0 Å². The number of carbonyl (C=O) groups is 1. The molecule has 0 unspecified atom stereocenters. The van der Waals surface area contributed by atoms with Crippen molar-refractivity contribution in [3.63, 3.8) is 0 Å². The second-order valence-electron chi connectivity index (χ2n) is 7.09. The maximum absolute atomic E-state index is 12.6. The van der Waals surface area contributed by atoms with Gasteiger partial charge in [0, 0.05) is 31.7 Å². The molecule has 0 bridgehead atoms. The Hall–Kier alpha value is -2.13. The zero-order valence-corrected chi connectivity index (χ0v) is 15.4. The van der Waals surface area contributed by atoms with Crippen molar-refractivity contribution in [3.05, 3.63) is 70.8 Å². The summed E-state index contributed by atoms with van der Waals surface area (Å²) in [5.41, 5.74) is 4.73. The quantitative estimate of drug-likeness (QED) is 0.831. The smallest absolute Gasteiger partial charge is 0.253 e. The number of amides is 1. The van der Waals surface area contributed by atoms with E-state index in [9.17, 15) is 4.79 Å². The lowest BCUT2D eigenvalue weighted by Crippen LogP contribution is -2.48. The van der Waals surface area contributed by atoms with Crippen LogP contribution in [0.1, 0.15) is 33.5 Å². The molecule has 3 nitrogen and oxygen atoms in total. The van der Waals surface area contributed by atoms with Gasteiger partial charge < -0.3 is 4.90 Å². The SMILES string of the molecule is Cc1ccc(CCCN2CCN(C(=O)c3ccc(C)cc3)CC2)cc1. The Morgan fingerprint density at radius 1 is 0.840 bits per heavy atom. The minimum Gasteiger partial charge on any atom is -0.336 e. The summed E-state index contributed by atoms with van der Waals surface area (Å²) in [6.45, 7) is 8.90. The van der Waals surface area contributed by atoms with Gasteiger partial charge in [0.15, 0.2) is 0 Å². The molecule has 1 heterocycles. The summed E-state index contributed by atoms with van der Waals surface area (Å²) in [5, 5.41) is 0. The summed E-state index contributed by atoms with van der Waals surface area (Å²) in [5.74, 6) is 0.166. The van der Waals surface area contributed by atoms with Crippen LogP contribution in [0, 0.1) is 13.8 Å². The number of rotatable bonds is 5. The highest BCUT2D eigenvalue weighted by Crippen LogP contribution is 2.11. The van der Waals surface area contributed by atoms with E-state index >= 15 is 0 Å². The molecule has 0 N–H and O–H groups in total. The molecule has 1 saturated heterocycles. The van der Waals surface area contributed by atoms with Crippen LogP contribution in [0.2, 0.25) is 0 Å². The normalized spacial score (nSPS) is 15.4. The molecule has 1 aliphatic rings. The summed E-state index contributed by atoms with van der Waals surface area (Å²) in [7, 11) is 0. The van der Waals surface area contributed by atoms with Crippen molar-refractivity contribution in [1.82, 2.24) is 9.80 Å². The monoisotopic (exact) mass is 336 g/mol. The van der Waals surface area contributed by atoms with E-state index in [0.717, 1.165) is 44.7 Å². The maximum atomic E-state index is 12.6. The summed E-state index contributed by atoms with van der Waals surface area (Å²) in [6.07, 6.45) is 2.30. The predicted molar refractivity (Wildman–Crippen MR) is 103 cm³/mol. The second kappa shape index (κ2) is 8.30. The van der Waals surface area contributed by atoms with E-state index < -0.39 is 0 Å².